The second kappa shape index (κ2) is 7.97. The SMILES string of the molecule is CCC(CC)(CNS(=O)(=O)c1cc(CNC)sc1C)SC. The lowest BCUT2D eigenvalue weighted by atomic mass is 10.0. The number of thioether (sulfide) groups is 1. The van der Waals surface area contributed by atoms with E-state index in [2.05, 4.69) is 23.9 Å². The smallest absolute Gasteiger partial charge is 0.241 e. The number of aryl methyl sites for hydroxylation is 1. The van der Waals surface area contributed by atoms with Gasteiger partial charge in [-0.05, 0) is 39.1 Å². The van der Waals surface area contributed by atoms with Crippen molar-refractivity contribution >= 4 is 33.1 Å². The molecule has 1 aromatic heterocycles. The Hall–Kier alpha value is -0.0800. The number of sulfonamides is 1. The highest BCUT2D eigenvalue weighted by atomic mass is 32.2. The van der Waals surface area contributed by atoms with E-state index in [0.29, 0.717) is 18.0 Å². The maximum atomic E-state index is 12.5. The van der Waals surface area contributed by atoms with E-state index in [1.165, 1.54) is 11.3 Å². The highest BCUT2D eigenvalue weighted by Gasteiger charge is 2.28. The lowest BCUT2D eigenvalue weighted by Crippen LogP contribution is -2.39. The molecule has 0 saturated carbocycles. The second-order valence-electron chi connectivity index (χ2n) is 5.08. The highest BCUT2D eigenvalue weighted by Crippen LogP contribution is 2.31. The van der Waals surface area contributed by atoms with Gasteiger partial charge in [-0.25, -0.2) is 13.1 Å². The fourth-order valence-corrected chi connectivity index (χ4v) is 5.88. The topological polar surface area (TPSA) is 58.2 Å². The molecule has 0 bridgehead atoms. The summed E-state index contributed by atoms with van der Waals surface area (Å²) in [6.07, 6.45) is 3.93. The van der Waals surface area contributed by atoms with E-state index in [9.17, 15) is 8.42 Å². The van der Waals surface area contributed by atoms with Crippen molar-refractivity contribution in [2.24, 2.45) is 0 Å². The molecule has 0 unspecified atom stereocenters. The molecule has 7 heteroatoms. The zero-order chi connectivity index (χ0) is 16.1. The second-order valence-corrected chi connectivity index (χ2v) is 9.43. The molecule has 2 N–H and O–H groups in total. The Morgan fingerprint density at radius 1 is 1.33 bits per heavy atom. The minimum Gasteiger partial charge on any atom is -0.315 e. The molecule has 0 aliphatic rings. The summed E-state index contributed by atoms with van der Waals surface area (Å²) in [6.45, 7) is 7.24. The Balaban J connectivity index is 2.91. The molecular weight excluding hydrogens is 324 g/mol. The summed E-state index contributed by atoms with van der Waals surface area (Å²) >= 11 is 3.27. The first kappa shape index (κ1) is 19.0. The van der Waals surface area contributed by atoms with Gasteiger partial charge in [-0.2, -0.15) is 11.8 Å². The number of rotatable bonds is 9. The summed E-state index contributed by atoms with van der Waals surface area (Å²) in [6, 6.07) is 1.78. The zero-order valence-electron chi connectivity index (χ0n) is 13.4. The van der Waals surface area contributed by atoms with Crippen molar-refractivity contribution in [1.82, 2.24) is 10.0 Å². The van der Waals surface area contributed by atoms with Crippen LogP contribution in [0.3, 0.4) is 0 Å². The Morgan fingerprint density at radius 3 is 2.43 bits per heavy atom. The normalized spacial score (nSPS) is 12.8. The maximum absolute atomic E-state index is 12.5. The number of nitrogens with one attached hydrogen (secondary N) is 2. The van der Waals surface area contributed by atoms with Crippen molar-refractivity contribution in [3.8, 4) is 0 Å². The van der Waals surface area contributed by atoms with Crippen LogP contribution < -0.4 is 10.0 Å². The molecule has 0 aliphatic carbocycles. The minimum absolute atomic E-state index is 0.0230. The van der Waals surface area contributed by atoms with Crippen molar-refractivity contribution in [2.45, 2.75) is 49.8 Å². The van der Waals surface area contributed by atoms with Crippen LogP contribution in [0.25, 0.3) is 0 Å². The first-order chi connectivity index (χ1) is 9.84. The van der Waals surface area contributed by atoms with Crippen LogP contribution in [0.4, 0.5) is 0 Å². The third-order valence-corrected chi connectivity index (χ3v) is 8.16. The van der Waals surface area contributed by atoms with Crippen LogP contribution in [0.2, 0.25) is 0 Å². The van der Waals surface area contributed by atoms with Gasteiger partial charge in [-0.1, -0.05) is 13.8 Å². The van der Waals surface area contributed by atoms with E-state index in [4.69, 9.17) is 0 Å². The van der Waals surface area contributed by atoms with Crippen LogP contribution in [0.15, 0.2) is 11.0 Å². The van der Waals surface area contributed by atoms with Crippen molar-refractivity contribution in [3.05, 3.63) is 15.8 Å². The van der Waals surface area contributed by atoms with E-state index < -0.39 is 10.0 Å². The van der Waals surface area contributed by atoms with Crippen LogP contribution in [0, 0.1) is 6.92 Å². The molecule has 4 nitrogen and oxygen atoms in total. The van der Waals surface area contributed by atoms with E-state index in [1.807, 2.05) is 20.2 Å². The number of thiophene rings is 1. The third-order valence-electron chi connectivity index (χ3n) is 3.87. The van der Waals surface area contributed by atoms with E-state index >= 15 is 0 Å². The molecule has 122 valence electrons. The van der Waals surface area contributed by atoms with Gasteiger partial charge in [0.25, 0.3) is 0 Å². The summed E-state index contributed by atoms with van der Waals surface area (Å²) in [5.74, 6) is 0. The first-order valence-corrected chi connectivity index (χ1v) is 10.6. The van der Waals surface area contributed by atoms with Gasteiger partial charge in [0, 0.05) is 27.6 Å². The summed E-state index contributed by atoms with van der Waals surface area (Å²) in [4.78, 5) is 2.30. The molecule has 0 radical (unpaired) electrons. The average Bonchev–Trinajstić information content (AvgIpc) is 2.83. The summed E-state index contributed by atoms with van der Waals surface area (Å²) < 4.78 is 27.8. The van der Waals surface area contributed by atoms with Gasteiger partial charge in [-0.3, -0.25) is 0 Å². The molecule has 0 saturated heterocycles. The number of hydrogen-bond donors (Lipinski definition) is 2. The van der Waals surface area contributed by atoms with Gasteiger partial charge in [0.15, 0.2) is 0 Å². The van der Waals surface area contributed by atoms with Crippen molar-refractivity contribution in [2.75, 3.05) is 19.8 Å². The Kier molecular flexibility index (Phi) is 7.19. The Morgan fingerprint density at radius 2 is 1.95 bits per heavy atom. The largest absolute Gasteiger partial charge is 0.315 e. The fraction of sp³-hybridized carbons (Fsp3) is 0.714. The molecule has 0 fully saturated rings. The quantitative estimate of drug-likeness (QED) is 0.719. The third kappa shape index (κ3) is 4.69. The lowest BCUT2D eigenvalue weighted by Gasteiger charge is -2.29. The molecule has 21 heavy (non-hydrogen) atoms. The van der Waals surface area contributed by atoms with Gasteiger partial charge < -0.3 is 5.32 Å². The summed E-state index contributed by atoms with van der Waals surface area (Å²) in [5.41, 5.74) is 0. The van der Waals surface area contributed by atoms with Crippen LogP contribution in [0.1, 0.15) is 36.4 Å². The predicted octanol–water partition coefficient (Wildman–Crippen LogP) is 2.98. The summed E-state index contributed by atoms with van der Waals surface area (Å²) in [5, 5.41) is 3.05. The molecular formula is C14H26N2O2S3. The van der Waals surface area contributed by atoms with Crippen molar-refractivity contribution in [1.29, 1.82) is 0 Å². The van der Waals surface area contributed by atoms with Crippen LogP contribution in [-0.2, 0) is 16.6 Å². The minimum atomic E-state index is -3.43. The first-order valence-electron chi connectivity index (χ1n) is 7.13. The number of hydrogen-bond acceptors (Lipinski definition) is 5. The highest BCUT2D eigenvalue weighted by molar-refractivity contribution is 8.00. The van der Waals surface area contributed by atoms with E-state index in [1.54, 1.807) is 17.8 Å². The molecule has 1 rings (SSSR count). The average molecular weight is 351 g/mol. The Labute approximate surface area is 137 Å². The van der Waals surface area contributed by atoms with Gasteiger partial charge in [0.2, 0.25) is 10.0 Å². The summed E-state index contributed by atoms with van der Waals surface area (Å²) in [7, 11) is -1.57. The molecule has 1 heterocycles. The standard InChI is InChI=1S/C14H26N2O2S3/c1-6-14(7-2,19-5)10-16-21(17,18)13-8-12(9-15-4)20-11(13)3/h8,15-16H,6-7,9-10H2,1-5H3. The van der Waals surface area contributed by atoms with Crippen LogP contribution >= 0.6 is 23.1 Å². The molecule has 1 aromatic rings. The van der Waals surface area contributed by atoms with E-state index in [-0.39, 0.29) is 4.75 Å². The Bertz CT molecular complexity index is 540. The van der Waals surface area contributed by atoms with Crippen LogP contribution in [-0.4, -0.2) is 33.0 Å². The maximum Gasteiger partial charge on any atom is 0.241 e. The van der Waals surface area contributed by atoms with Gasteiger partial charge in [0.05, 0.1) is 4.90 Å². The van der Waals surface area contributed by atoms with Gasteiger partial charge in [-0.15, -0.1) is 11.3 Å². The molecule has 0 atom stereocenters. The molecule has 0 aliphatic heterocycles. The monoisotopic (exact) mass is 350 g/mol. The van der Waals surface area contributed by atoms with Crippen LogP contribution in [0.5, 0.6) is 0 Å². The van der Waals surface area contributed by atoms with Crippen molar-refractivity contribution in [3.63, 3.8) is 0 Å². The molecule has 0 spiro atoms. The fourth-order valence-electron chi connectivity index (χ4n) is 2.22. The van der Waals surface area contributed by atoms with Gasteiger partial charge in [0.1, 0.15) is 0 Å². The molecule has 0 aromatic carbocycles. The van der Waals surface area contributed by atoms with E-state index in [0.717, 1.165) is 22.6 Å². The molecule has 0 amide bonds. The van der Waals surface area contributed by atoms with Crippen molar-refractivity contribution < 1.29 is 8.42 Å². The zero-order valence-corrected chi connectivity index (χ0v) is 15.9. The lowest BCUT2D eigenvalue weighted by molar-refractivity contribution is 0.522. The van der Waals surface area contributed by atoms with Gasteiger partial charge >= 0.3 is 0 Å². The predicted molar refractivity (Wildman–Crippen MR) is 93.8 cm³/mol.